The summed E-state index contributed by atoms with van der Waals surface area (Å²) in [7, 11) is 0. The van der Waals surface area contributed by atoms with E-state index in [1.807, 2.05) is 25.1 Å². The van der Waals surface area contributed by atoms with Gasteiger partial charge in [-0.1, -0.05) is 37.7 Å². The number of carbonyl (C=O) groups excluding carboxylic acids is 1. The smallest absolute Gasteiger partial charge is 0.262 e. The number of ether oxygens (including phenoxy) is 2. The molecule has 1 aromatic heterocycles. The lowest BCUT2D eigenvalue weighted by atomic mass is 10.1. The first-order valence-corrected chi connectivity index (χ1v) is 11.7. The standard InChI is InChI=1S/C24H27N3O4S/c1-15(2)10-11-27-23(29)18-6-4-5-7-19(18)26-24(27)32-16(3)22(28)25-17-8-9-20-21(14-17)31-13-12-30-20/h4-9,14-16H,10-13H2,1-3H3,(H,25,28). The summed E-state index contributed by atoms with van der Waals surface area (Å²) in [6.45, 7) is 7.62. The lowest BCUT2D eigenvalue weighted by Gasteiger charge is -2.20. The second-order valence-electron chi connectivity index (χ2n) is 8.16. The first-order valence-electron chi connectivity index (χ1n) is 10.8. The number of amides is 1. The normalized spacial score (nSPS) is 13.9. The number of rotatable bonds is 7. The van der Waals surface area contributed by atoms with Gasteiger partial charge in [-0.15, -0.1) is 0 Å². The Bertz CT molecular complexity index is 1190. The highest BCUT2D eigenvalue weighted by atomic mass is 32.2. The van der Waals surface area contributed by atoms with Crippen molar-refractivity contribution in [1.82, 2.24) is 9.55 Å². The van der Waals surface area contributed by atoms with Gasteiger partial charge in [0.25, 0.3) is 5.56 Å². The van der Waals surface area contributed by atoms with Crippen molar-refractivity contribution < 1.29 is 14.3 Å². The molecule has 0 saturated carbocycles. The molecule has 8 heteroatoms. The Kier molecular flexibility index (Phi) is 6.69. The quantitative estimate of drug-likeness (QED) is 0.423. The molecule has 4 rings (SSSR count). The van der Waals surface area contributed by atoms with Crippen LogP contribution < -0.4 is 20.3 Å². The van der Waals surface area contributed by atoms with Crippen molar-refractivity contribution in [2.45, 2.75) is 44.1 Å². The van der Waals surface area contributed by atoms with Gasteiger partial charge in [0.1, 0.15) is 13.2 Å². The Balaban J connectivity index is 1.55. The maximum Gasteiger partial charge on any atom is 0.262 e. The molecule has 0 bridgehead atoms. The first kappa shape index (κ1) is 22.2. The number of hydrogen-bond donors (Lipinski definition) is 1. The van der Waals surface area contributed by atoms with Crippen LogP contribution in [0.3, 0.4) is 0 Å². The van der Waals surface area contributed by atoms with Gasteiger partial charge in [-0.2, -0.15) is 0 Å². The molecule has 32 heavy (non-hydrogen) atoms. The van der Waals surface area contributed by atoms with Crippen molar-refractivity contribution in [1.29, 1.82) is 0 Å². The molecule has 1 aliphatic heterocycles. The van der Waals surface area contributed by atoms with Crippen LogP contribution in [0.15, 0.2) is 52.4 Å². The molecule has 0 aliphatic carbocycles. The molecule has 1 N–H and O–H groups in total. The topological polar surface area (TPSA) is 82.5 Å². The highest BCUT2D eigenvalue weighted by molar-refractivity contribution is 8.00. The van der Waals surface area contributed by atoms with Crippen LogP contribution in [0.5, 0.6) is 11.5 Å². The van der Waals surface area contributed by atoms with Crippen molar-refractivity contribution in [3.8, 4) is 11.5 Å². The number of hydrogen-bond acceptors (Lipinski definition) is 6. The number of nitrogens with one attached hydrogen (secondary N) is 1. The number of para-hydroxylation sites is 1. The number of aromatic nitrogens is 2. The third kappa shape index (κ3) is 4.91. The Morgan fingerprint density at radius 3 is 2.66 bits per heavy atom. The van der Waals surface area contributed by atoms with Gasteiger partial charge in [-0.25, -0.2) is 4.98 Å². The largest absolute Gasteiger partial charge is 0.486 e. The van der Waals surface area contributed by atoms with Crippen molar-refractivity contribution in [3.05, 3.63) is 52.8 Å². The van der Waals surface area contributed by atoms with E-state index in [0.29, 0.717) is 58.9 Å². The molecule has 7 nitrogen and oxygen atoms in total. The molecule has 1 atom stereocenters. The van der Waals surface area contributed by atoms with E-state index in [0.717, 1.165) is 6.42 Å². The molecule has 2 heterocycles. The molecule has 2 aromatic carbocycles. The van der Waals surface area contributed by atoms with Crippen LogP contribution in [-0.2, 0) is 11.3 Å². The predicted octanol–water partition coefficient (Wildman–Crippen LogP) is 4.33. The minimum Gasteiger partial charge on any atom is -0.486 e. The van der Waals surface area contributed by atoms with Gasteiger partial charge < -0.3 is 14.8 Å². The highest BCUT2D eigenvalue weighted by Crippen LogP contribution is 2.33. The zero-order valence-electron chi connectivity index (χ0n) is 18.5. The zero-order valence-corrected chi connectivity index (χ0v) is 19.3. The van der Waals surface area contributed by atoms with Crippen LogP contribution in [0.2, 0.25) is 0 Å². The monoisotopic (exact) mass is 453 g/mol. The first-order chi connectivity index (χ1) is 15.4. The van der Waals surface area contributed by atoms with Gasteiger partial charge in [-0.3, -0.25) is 14.2 Å². The highest BCUT2D eigenvalue weighted by Gasteiger charge is 2.21. The van der Waals surface area contributed by atoms with Crippen LogP contribution in [0.25, 0.3) is 10.9 Å². The van der Waals surface area contributed by atoms with Gasteiger partial charge in [0.05, 0.1) is 16.2 Å². The summed E-state index contributed by atoms with van der Waals surface area (Å²) >= 11 is 1.29. The van der Waals surface area contributed by atoms with Gasteiger partial charge in [0.2, 0.25) is 5.91 Å². The van der Waals surface area contributed by atoms with Crippen LogP contribution in [0.4, 0.5) is 5.69 Å². The van der Waals surface area contributed by atoms with Crippen LogP contribution in [0, 0.1) is 5.92 Å². The van der Waals surface area contributed by atoms with E-state index in [9.17, 15) is 9.59 Å². The molecular weight excluding hydrogens is 426 g/mol. The van der Waals surface area contributed by atoms with E-state index in [1.54, 1.807) is 28.8 Å². The maximum atomic E-state index is 13.1. The lowest BCUT2D eigenvalue weighted by molar-refractivity contribution is -0.115. The fourth-order valence-corrected chi connectivity index (χ4v) is 4.33. The Labute approximate surface area is 191 Å². The minimum atomic E-state index is -0.457. The summed E-state index contributed by atoms with van der Waals surface area (Å²) in [4.78, 5) is 30.7. The average molecular weight is 454 g/mol. The van der Waals surface area contributed by atoms with Crippen LogP contribution in [0.1, 0.15) is 27.2 Å². The van der Waals surface area contributed by atoms with E-state index in [2.05, 4.69) is 19.2 Å². The fourth-order valence-electron chi connectivity index (χ4n) is 3.40. The third-order valence-electron chi connectivity index (χ3n) is 5.22. The molecule has 0 spiro atoms. The van der Waals surface area contributed by atoms with Crippen molar-refractivity contribution in [2.24, 2.45) is 5.92 Å². The second-order valence-corrected chi connectivity index (χ2v) is 9.47. The zero-order chi connectivity index (χ0) is 22.7. The van der Waals surface area contributed by atoms with Crippen LogP contribution >= 0.6 is 11.8 Å². The van der Waals surface area contributed by atoms with E-state index in [4.69, 9.17) is 14.5 Å². The number of benzene rings is 2. The van der Waals surface area contributed by atoms with E-state index in [1.165, 1.54) is 11.8 Å². The summed E-state index contributed by atoms with van der Waals surface area (Å²) < 4.78 is 12.8. The number of anilines is 1. The number of thioether (sulfide) groups is 1. The maximum absolute atomic E-state index is 13.1. The van der Waals surface area contributed by atoms with Gasteiger partial charge in [-0.05, 0) is 43.5 Å². The summed E-state index contributed by atoms with van der Waals surface area (Å²) in [6, 6.07) is 12.7. The average Bonchev–Trinajstić information content (AvgIpc) is 2.78. The van der Waals surface area contributed by atoms with Gasteiger partial charge in [0, 0.05) is 18.3 Å². The summed E-state index contributed by atoms with van der Waals surface area (Å²) in [5.41, 5.74) is 1.20. The molecule has 0 fully saturated rings. The number of carbonyl (C=O) groups is 1. The molecule has 0 radical (unpaired) electrons. The molecule has 1 aliphatic rings. The van der Waals surface area contributed by atoms with Crippen molar-refractivity contribution >= 4 is 34.3 Å². The lowest BCUT2D eigenvalue weighted by Crippen LogP contribution is -2.27. The van der Waals surface area contributed by atoms with Crippen molar-refractivity contribution in [3.63, 3.8) is 0 Å². The Hall–Kier alpha value is -3.00. The van der Waals surface area contributed by atoms with E-state index >= 15 is 0 Å². The SMILES string of the molecule is CC(C)CCn1c(SC(C)C(=O)Nc2ccc3c(c2)OCCO3)nc2ccccc2c1=O. The molecule has 168 valence electrons. The van der Waals surface area contributed by atoms with E-state index in [-0.39, 0.29) is 11.5 Å². The summed E-state index contributed by atoms with van der Waals surface area (Å²) in [5, 5.41) is 3.61. The number of fused-ring (bicyclic) bond motifs is 2. The summed E-state index contributed by atoms with van der Waals surface area (Å²) in [5.74, 6) is 1.56. The molecule has 0 saturated heterocycles. The van der Waals surface area contributed by atoms with E-state index < -0.39 is 5.25 Å². The summed E-state index contributed by atoms with van der Waals surface area (Å²) in [6.07, 6.45) is 0.852. The molecular formula is C24H27N3O4S. The molecule has 1 unspecified atom stereocenters. The Morgan fingerprint density at radius 2 is 1.88 bits per heavy atom. The van der Waals surface area contributed by atoms with Crippen molar-refractivity contribution in [2.75, 3.05) is 18.5 Å². The third-order valence-corrected chi connectivity index (χ3v) is 6.31. The Morgan fingerprint density at radius 1 is 1.12 bits per heavy atom. The number of nitrogens with zero attached hydrogens (tertiary/aromatic N) is 2. The second kappa shape index (κ2) is 9.65. The van der Waals surface area contributed by atoms with Gasteiger partial charge >= 0.3 is 0 Å². The minimum absolute atomic E-state index is 0.0711. The van der Waals surface area contributed by atoms with Gasteiger partial charge in [0.15, 0.2) is 16.7 Å². The van der Waals surface area contributed by atoms with Crippen LogP contribution in [-0.4, -0.2) is 33.9 Å². The predicted molar refractivity (Wildman–Crippen MR) is 127 cm³/mol. The molecule has 1 amide bonds. The molecule has 3 aromatic rings. The fraction of sp³-hybridized carbons (Fsp3) is 0.375.